The van der Waals surface area contributed by atoms with Gasteiger partial charge in [0, 0.05) is 33.7 Å². The number of nitrogens with one attached hydrogen (secondary N) is 3. The minimum absolute atomic E-state index is 0.117. The minimum Gasteiger partial charge on any atom is -0.361 e. The molecule has 0 spiro atoms. The van der Waals surface area contributed by atoms with Crippen molar-refractivity contribution in [2.45, 2.75) is 23.8 Å². The molecule has 2 aromatic rings. The van der Waals surface area contributed by atoms with Gasteiger partial charge >= 0.3 is 5.69 Å². The van der Waals surface area contributed by atoms with Crippen LogP contribution in [0.2, 0.25) is 0 Å². The van der Waals surface area contributed by atoms with Crippen molar-refractivity contribution in [3.8, 4) is 0 Å². The van der Waals surface area contributed by atoms with Crippen molar-refractivity contribution in [1.82, 2.24) is 15.3 Å². The molecule has 0 saturated carbocycles. The highest BCUT2D eigenvalue weighted by atomic mass is 32.2. The lowest BCUT2D eigenvalue weighted by molar-refractivity contribution is -0.383. The predicted molar refractivity (Wildman–Crippen MR) is 100 cm³/mol. The average molecular weight is 376 g/mol. The Balaban J connectivity index is 1.85. The molecule has 1 unspecified atom stereocenters. The van der Waals surface area contributed by atoms with Crippen LogP contribution in [0.3, 0.4) is 0 Å². The topological polar surface area (TPSA) is 122 Å². The van der Waals surface area contributed by atoms with E-state index in [1.165, 1.54) is 6.33 Å². The normalized spacial score (nSPS) is 16.0. The van der Waals surface area contributed by atoms with Crippen molar-refractivity contribution in [3.05, 3.63) is 40.7 Å². The van der Waals surface area contributed by atoms with E-state index in [0.29, 0.717) is 10.6 Å². The van der Waals surface area contributed by atoms with E-state index in [4.69, 9.17) is 0 Å². The highest BCUT2D eigenvalue weighted by Crippen LogP contribution is 2.32. The van der Waals surface area contributed by atoms with Crippen LogP contribution in [-0.4, -0.2) is 44.5 Å². The van der Waals surface area contributed by atoms with Gasteiger partial charge in [0.25, 0.3) is 0 Å². The van der Waals surface area contributed by atoms with E-state index in [1.54, 1.807) is 30.5 Å². The molecule has 0 bridgehead atoms. The molecule has 3 N–H and O–H groups in total. The summed E-state index contributed by atoms with van der Waals surface area (Å²) < 4.78 is 11.5. The molecular weight excluding hydrogens is 356 g/mol. The van der Waals surface area contributed by atoms with E-state index in [9.17, 15) is 14.3 Å². The fourth-order valence-electron chi connectivity index (χ4n) is 2.78. The second-order valence-corrected chi connectivity index (χ2v) is 7.33. The van der Waals surface area contributed by atoms with Crippen molar-refractivity contribution in [2.24, 2.45) is 0 Å². The number of benzene rings is 1. The number of hydrogen-bond acceptors (Lipinski definition) is 8. The number of aromatic nitrogens is 2. The molecule has 1 fully saturated rings. The molecule has 2 heterocycles. The molecule has 0 radical (unpaired) electrons. The summed E-state index contributed by atoms with van der Waals surface area (Å²) in [5.41, 5.74) is 0.433. The largest absolute Gasteiger partial charge is 0.361 e. The van der Waals surface area contributed by atoms with Gasteiger partial charge in [0.1, 0.15) is 6.33 Å². The summed E-state index contributed by atoms with van der Waals surface area (Å²) >= 11 is 0. The first-order valence-electron chi connectivity index (χ1n) is 8.22. The summed E-state index contributed by atoms with van der Waals surface area (Å²) in [6.45, 7) is 1.74. The van der Waals surface area contributed by atoms with E-state index >= 15 is 0 Å². The number of anilines is 3. The number of rotatable bonds is 6. The van der Waals surface area contributed by atoms with E-state index < -0.39 is 15.7 Å². The molecular formula is C16H20N6O3S. The first-order chi connectivity index (χ1) is 12.5. The van der Waals surface area contributed by atoms with Crippen LogP contribution in [0.5, 0.6) is 0 Å². The van der Waals surface area contributed by atoms with Gasteiger partial charge in [-0.1, -0.05) is 0 Å². The van der Waals surface area contributed by atoms with Crippen molar-refractivity contribution in [3.63, 3.8) is 0 Å². The Morgan fingerprint density at radius 2 is 1.85 bits per heavy atom. The summed E-state index contributed by atoms with van der Waals surface area (Å²) in [4.78, 5) is 19.9. The zero-order valence-corrected chi connectivity index (χ0v) is 15.1. The van der Waals surface area contributed by atoms with Crippen LogP contribution in [0, 0.1) is 10.1 Å². The first kappa shape index (κ1) is 18.2. The van der Waals surface area contributed by atoms with Crippen LogP contribution < -0.4 is 16.0 Å². The molecule has 0 aliphatic carbocycles. The average Bonchev–Trinajstić information content (AvgIpc) is 2.63. The third kappa shape index (κ3) is 4.33. The third-order valence-electron chi connectivity index (χ3n) is 4.13. The quantitative estimate of drug-likeness (QED) is 0.517. The Labute approximate surface area is 153 Å². The maximum absolute atomic E-state index is 11.6. The predicted octanol–water partition coefficient (Wildman–Crippen LogP) is 2.03. The van der Waals surface area contributed by atoms with Gasteiger partial charge < -0.3 is 16.0 Å². The molecule has 1 aliphatic rings. The lowest BCUT2D eigenvalue weighted by Gasteiger charge is -2.24. The Kier molecular flexibility index (Phi) is 5.74. The Bertz CT molecular complexity index is 808. The monoisotopic (exact) mass is 376 g/mol. The number of hydrogen-bond donors (Lipinski definition) is 3. The van der Waals surface area contributed by atoms with Gasteiger partial charge in [-0.2, -0.15) is 0 Å². The summed E-state index contributed by atoms with van der Waals surface area (Å²) in [7, 11) is -1.08. The number of nitrogens with zero attached hydrogens (tertiary/aromatic N) is 3. The van der Waals surface area contributed by atoms with Crippen LogP contribution in [0.1, 0.15) is 12.8 Å². The van der Waals surface area contributed by atoms with Crippen LogP contribution >= 0.6 is 0 Å². The molecule has 1 aliphatic heterocycles. The maximum atomic E-state index is 11.6. The van der Waals surface area contributed by atoms with E-state index in [1.807, 2.05) is 0 Å². The molecule has 1 atom stereocenters. The van der Waals surface area contributed by atoms with E-state index in [-0.39, 0.29) is 23.4 Å². The molecule has 9 nitrogen and oxygen atoms in total. The molecule has 3 rings (SSSR count). The fraction of sp³-hybridized carbons (Fsp3) is 0.375. The Hall–Kier alpha value is -2.59. The van der Waals surface area contributed by atoms with Gasteiger partial charge in [-0.25, -0.2) is 9.97 Å². The standard InChI is InChI=1S/C16H20N6O3S/c1-26(25)13-4-2-11(3-5-13)20-15-14(22(23)24)16(19-10-18-15)21-12-6-8-17-9-7-12/h2-5,10,12,17H,6-9H2,1H3,(H2,18,19,20,21). The number of nitro groups is 1. The van der Waals surface area contributed by atoms with Crippen LogP contribution in [0.25, 0.3) is 0 Å². The summed E-state index contributed by atoms with van der Waals surface area (Å²) in [5.74, 6) is 0.331. The molecule has 138 valence electrons. The van der Waals surface area contributed by atoms with Crippen molar-refractivity contribution >= 4 is 33.8 Å². The lowest BCUT2D eigenvalue weighted by Crippen LogP contribution is -2.35. The second-order valence-electron chi connectivity index (χ2n) is 5.95. The van der Waals surface area contributed by atoms with E-state index in [0.717, 1.165) is 25.9 Å². The zero-order chi connectivity index (χ0) is 18.5. The molecule has 1 aromatic carbocycles. The van der Waals surface area contributed by atoms with Crippen molar-refractivity contribution in [2.75, 3.05) is 30.0 Å². The molecule has 0 amide bonds. The van der Waals surface area contributed by atoms with Crippen molar-refractivity contribution < 1.29 is 9.13 Å². The van der Waals surface area contributed by atoms with Crippen LogP contribution in [0.15, 0.2) is 35.5 Å². The highest BCUT2D eigenvalue weighted by Gasteiger charge is 2.25. The molecule has 1 aromatic heterocycles. The van der Waals surface area contributed by atoms with Crippen molar-refractivity contribution in [1.29, 1.82) is 0 Å². The van der Waals surface area contributed by atoms with Gasteiger partial charge in [0.2, 0.25) is 11.6 Å². The summed E-state index contributed by atoms with van der Waals surface area (Å²) in [5, 5.41) is 21.0. The molecule has 1 saturated heterocycles. The second kappa shape index (κ2) is 8.19. The first-order valence-corrected chi connectivity index (χ1v) is 9.77. The van der Waals surface area contributed by atoms with Crippen LogP contribution in [0.4, 0.5) is 23.0 Å². The maximum Gasteiger partial charge on any atom is 0.353 e. The molecule has 26 heavy (non-hydrogen) atoms. The van der Waals surface area contributed by atoms with Crippen LogP contribution in [-0.2, 0) is 10.8 Å². The summed E-state index contributed by atoms with van der Waals surface area (Å²) in [6, 6.07) is 6.97. The van der Waals surface area contributed by atoms with Gasteiger partial charge in [0.15, 0.2) is 0 Å². The smallest absolute Gasteiger partial charge is 0.353 e. The molecule has 10 heteroatoms. The van der Waals surface area contributed by atoms with Gasteiger partial charge in [0.05, 0.1) is 4.92 Å². The SMILES string of the molecule is CS(=O)c1ccc(Nc2ncnc(NC3CCNCC3)c2[N+](=O)[O-])cc1. The van der Waals surface area contributed by atoms with Gasteiger partial charge in [-0.3, -0.25) is 14.3 Å². The highest BCUT2D eigenvalue weighted by molar-refractivity contribution is 7.84. The fourth-order valence-corrected chi connectivity index (χ4v) is 3.29. The van der Waals surface area contributed by atoms with E-state index in [2.05, 4.69) is 25.9 Å². The lowest BCUT2D eigenvalue weighted by atomic mass is 10.1. The Morgan fingerprint density at radius 3 is 2.46 bits per heavy atom. The third-order valence-corrected chi connectivity index (χ3v) is 5.07. The van der Waals surface area contributed by atoms with Gasteiger partial charge in [-0.15, -0.1) is 0 Å². The minimum atomic E-state index is -1.08. The Morgan fingerprint density at radius 1 is 1.19 bits per heavy atom. The summed E-state index contributed by atoms with van der Waals surface area (Å²) in [6.07, 6.45) is 4.64. The van der Waals surface area contributed by atoms with Gasteiger partial charge in [-0.05, 0) is 50.2 Å². The number of piperidine rings is 1. The zero-order valence-electron chi connectivity index (χ0n) is 14.3.